The monoisotopic (exact) mass is 338 g/mol. The van der Waals surface area contributed by atoms with Crippen LogP contribution in [0.2, 0.25) is 0 Å². The third-order valence-electron chi connectivity index (χ3n) is 3.27. The van der Waals surface area contributed by atoms with Crippen LogP contribution in [0.15, 0.2) is 18.2 Å². The standard InChI is InChI=1S/C14H17F3N2O2.ClH/c1-9-2-3-10(14(15,16)17)6-12(9)19-13(20)7-11-8-21-5-4-18-11;/h2-3,6,11,18H,4-5,7-8H2,1H3,(H,19,20);1H. The third kappa shape index (κ3) is 5.15. The van der Waals surface area contributed by atoms with Crippen molar-refractivity contribution in [3.05, 3.63) is 29.3 Å². The number of rotatable bonds is 3. The number of morpholine rings is 1. The van der Waals surface area contributed by atoms with E-state index >= 15 is 0 Å². The van der Waals surface area contributed by atoms with E-state index in [1.54, 1.807) is 6.92 Å². The number of aryl methyl sites for hydroxylation is 1. The second-order valence-electron chi connectivity index (χ2n) is 5.01. The lowest BCUT2D eigenvalue weighted by Crippen LogP contribution is -2.43. The Morgan fingerprint density at radius 3 is 2.77 bits per heavy atom. The van der Waals surface area contributed by atoms with Crippen LogP contribution in [0.4, 0.5) is 18.9 Å². The number of ether oxygens (including phenoxy) is 1. The molecule has 1 aliphatic heterocycles. The first-order valence-electron chi connectivity index (χ1n) is 6.65. The average Bonchev–Trinajstić information content (AvgIpc) is 2.41. The van der Waals surface area contributed by atoms with Gasteiger partial charge in [0.1, 0.15) is 0 Å². The van der Waals surface area contributed by atoms with Crippen LogP contribution in [-0.4, -0.2) is 31.7 Å². The molecule has 1 aromatic rings. The summed E-state index contributed by atoms with van der Waals surface area (Å²) in [5, 5.41) is 5.66. The topological polar surface area (TPSA) is 50.4 Å². The highest BCUT2D eigenvalue weighted by molar-refractivity contribution is 5.92. The zero-order valence-electron chi connectivity index (χ0n) is 12.0. The van der Waals surface area contributed by atoms with Crippen molar-refractivity contribution in [1.29, 1.82) is 0 Å². The van der Waals surface area contributed by atoms with Crippen molar-refractivity contribution in [2.24, 2.45) is 0 Å². The Balaban J connectivity index is 0.00000242. The molecule has 1 fully saturated rings. The molecule has 0 aliphatic carbocycles. The Hall–Kier alpha value is -1.31. The second-order valence-corrected chi connectivity index (χ2v) is 5.01. The fraction of sp³-hybridized carbons (Fsp3) is 0.500. The number of nitrogens with one attached hydrogen (secondary N) is 2. The summed E-state index contributed by atoms with van der Waals surface area (Å²) in [4.78, 5) is 11.9. The van der Waals surface area contributed by atoms with E-state index in [-0.39, 0.29) is 36.5 Å². The molecule has 1 unspecified atom stereocenters. The number of carbonyl (C=O) groups is 1. The normalized spacial score (nSPS) is 18.5. The van der Waals surface area contributed by atoms with Gasteiger partial charge in [-0.3, -0.25) is 4.79 Å². The van der Waals surface area contributed by atoms with Gasteiger partial charge in [0.25, 0.3) is 0 Å². The predicted molar refractivity (Wildman–Crippen MR) is 79.3 cm³/mol. The first-order valence-corrected chi connectivity index (χ1v) is 6.65. The maximum atomic E-state index is 12.7. The van der Waals surface area contributed by atoms with Crippen LogP contribution in [0.1, 0.15) is 17.5 Å². The molecule has 22 heavy (non-hydrogen) atoms. The maximum Gasteiger partial charge on any atom is 0.416 e. The summed E-state index contributed by atoms with van der Waals surface area (Å²) >= 11 is 0. The largest absolute Gasteiger partial charge is 0.416 e. The summed E-state index contributed by atoms with van der Waals surface area (Å²) in [5.41, 5.74) is -0.00159. The molecule has 4 nitrogen and oxygen atoms in total. The van der Waals surface area contributed by atoms with Crippen LogP contribution in [0.5, 0.6) is 0 Å². The van der Waals surface area contributed by atoms with Crippen LogP contribution in [0, 0.1) is 6.92 Å². The van der Waals surface area contributed by atoms with E-state index in [4.69, 9.17) is 4.74 Å². The van der Waals surface area contributed by atoms with E-state index in [1.807, 2.05) is 0 Å². The highest BCUT2D eigenvalue weighted by Gasteiger charge is 2.31. The van der Waals surface area contributed by atoms with E-state index in [0.29, 0.717) is 25.3 Å². The quantitative estimate of drug-likeness (QED) is 0.891. The molecule has 0 saturated carbocycles. The van der Waals surface area contributed by atoms with Crippen molar-refractivity contribution < 1.29 is 22.7 Å². The van der Waals surface area contributed by atoms with E-state index in [1.165, 1.54) is 6.07 Å². The minimum atomic E-state index is -4.42. The van der Waals surface area contributed by atoms with Gasteiger partial charge >= 0.3 is 6.18 Å². The molecule has 1 aliphatic rings. The molecule has 1 heterocycles. The molecule has 0 bridgehead atoms. The fourth-order valence-electron chi connectivity index (χ4n) is 2.11. The molecular formula is C14H18ClF3N2O2. The Morgan fingerprint density at radius 1 is 1.45 bits per heavy atom. The average molecular weight is 339 g/mol. The zero-order valence-corrected chi connectivity index (χ0v) is 12.8. The number of amides is 1. The SMILES string of the molecule is Cc1ccc(C(F)(F)F)cc1NC(=O)CC1COCCN1.Cl. The Bertz CT molecular complexity index is 517. The van der Waals surface area contributed by atoms with Crippen molar-refractivity contribution in [2.45, 2.75) is 25.6 Å². The molecule has 0 spiro atoms. The van der Waals surface area contributed by atoms with E-state index < -0.39 is 11.7 Å². The summed E-state index contributed by atoms with van der Waals surface area (Å²) in [6.45, 7) is 3.35. The molecule has 2 rings (SSSR count). The number of alkyl halides is 3. The minimum absolute atomic E-state index is 0. The van der Waals surface area contributed by atoms with E-state index in [2.05, 4.69) is 10.6 Å². The number of hydrogen-bond donors (Lipinski definition) is 2. The molecule has 1 aromatic carbocycles. The Morgan fingerprint density at radius 2 is 2.18 bits per heavy atom. The van der Waals surface area contributed by atoms with Gasteiger partial charge in [0, 0.05) is 24.7 Å². The third-order valence-corrected chi connectivity index (χ3v) is 3.27. The van der Waals surface area contributed by atoms with Crippen molar-refractivity contribution in [2.75, 3.05) is 25.1 Å². The summed E-state index contributed by atoms with van der Waals surface area (Å²) in [6, 6.07) is 3.20. The molecule has 2 N–H and O–H groups in total. The van der Waals surface area contributed by atoms with Gasteiger partial charge in [-0.2, -0.15) is 13.2 Å². The van der Waals surface area contributed by atoms with Crippen molar-refractivity contribution >= 4 is 24.0 Å². The Kier molecular flexibility index (Phi) is 6.65. The van der Waals surface area contributed by atoms with E-state index in [0.717, 1.165) is 12.1 Å². The predicted octanol–water partition coefficient (Wildman–Crippen LogP) is 2.75. The highest BCUT2D eigenvalue weighted by atomic mass is 35.5. The molecule has 124 valence electrons. The Labute approximate surface area is 132 Å². The van der Waals surface area contributed by atoms with Gasteiger partial charge in [-0.25, -0.2) is 0 Å². The molecule has 8 heteroatoms. The summed E-state index contributed by atoms with van der Waals surface area (Å²) in [7, 11) is 0. The summed E-state index contributed by atoms with van der Waals surface area (Å²) in [5.74, 6) is -0.333. The van der Waals surface area contributed by atoms with Gasteiger partial charge in [-0.1, -0.05) is 6.07 Å². The summed E-state index contributed by atoms with van der Waals surface area (Å²) < 4.78 is 43.2. The highest BCUT2D eigenvalue weighted by Crippen LogP contribution is 2.32. The van der Waals surface area contributed by atoms with Crippen LogP contribution in [0.25, 0.3) is 0 Å². The summed E-state index contributed by atoms with van der Waals surface area (Å²) in [6.07, 6.45) is -4.26. The van der Waals surface area contributed by atoms with Gasteiger partial charge in [-0.15, -0.1) is 12.4 Å². The first kappa shape index (κ1) is 18.7. The number of halogens is 4. The van der Waals surface area contributed by atoms with Crippen molar-refractivity contribution in [3.8, 4) is 0 Å². The second kappa shape index (κ2) is 7.80. The maximum absolute atomic E-state index is 12.7. The molecular weight excluding hydrogens is 321 g/mol. The zero-order chi connectivity index (χ0) is 15.5. The molecule has 1 atom stereocenters. The minimum Gasteiger partial charge on any atom is -0.378 e. The van der Waals surface area contributed by atoms with Gasteiger partial charge in [0.15, 0.2) is 0 Å². The lowest BCUT2D eigenvalue weighted by Gasteiger charge is -2.23. The fourth-order valence-corrected chi connectivity index (χ4v) is 2.11. The van der Waals surface area contributed by atoms with Crippen LogP contribution in [-0.2, 0) is 15.7 Å². The number of anilines is 1. The van der Waals surface area contributed by atoms with Crippen molar-refractivity contribution in [3.63, 3.8) is 0 Å². The van der Waals surface area contributed by atoms with Crippen LogP contribution >= 0.6 is 12.4 Å². The van der Waals surface area contributed by atoms with Gasteiger partial charge < -0.3 is 15.4 Å². The van der Waals surface area contributed by atoms with Gasteiger partial charge in [-0.05, 0) is 24.6 Å². The first-order chi connectivity index (χ1) is 9.86. The van der Waals surface area contributed by atoms with Crippen LogP contribution < -0.4 is 10.6 Å². The smallest absolute Gasteiger partial charge is 0.378 e. The van der Waals surface area contributed by atoms with Gasteiger partial charge in [0.05, 0.1) is 18.8 Å². The van der Waals surface area contributed by atoms with E-state index in [9.17, 15) is 18.0 Å². The number of benzene rings is 1. The van der Waals surface area contributed by atoms with Crippen LogP contribution in [0.3, 0.4) is 0 Å². The molecule has 1 saturated heterocycles. The molecule has 0 radical (unpaired) electrons. The van der Waals surface area contributed by atoms with Gasteiger partial charge in [0.2, 0.25) is 5.91 Å². The number of hydrogen-bond acceptors (Lipinski definition) is 3. The van der Waals surface area contributed by atoms with Crippen molar-refractivity contribution in [1.82, 2.24) is 5.32 Å². The molecule has 0 aromatic heterocycles. The molecule has 1 amide bonds. The lowest BCUT2D eigenvalue weighted by atomic mass is 10.1. The lowest BCUT2D eigenvalue weighted by molar-refractivity contribution is -0.137. The number of carbonyl (C=O) groups excluding carboxylic acids is 1.